The van der Waals surface area contributed by atoms with E-state index in [1.807, 2.05) is 47.4 Å². The van der Waals surface area contributed by atoms with Gasteiger partial charge in [-0.15, -0.1) is 0 Å². The number of hydrogen-bond donors (Lipinski definition) is 0. The smallest absolute Gasteiger partial charge is 0.259 e. The highest BCUT2D eigenvalue weighted by atomic mass is 16.5. The lowest BCUT2D eigenvalue weighted by atomic mass is 9.99. The summed E-state index contributed by atoms with van der Waals surface area (Å²) in [6.45, 7) is 9.29. The van der Waals surface area contributed by atoms with Crippen LogP contribution in [0.3, 0.4) is 0 Å². The van der Waals surface area contributed by atoms with Crippen LogP contribution < -0.4 is 9.64 Å². The molecule has 1 amide bonds. The quantitative estimate of drug-likeness (QED) is 0.286. The number of nitrogens with zero attached hydrogens (tertiary/aromatic N) is 1. The molecule has 3 heteroatoms. The van der Waals surface area contributed by atoms with E-state index in [1.54, 1.807) is 7.11 Å². The number of anilines is 1. The maximum Gasteiger partial charge on any atom is 0.259 e. The van der Waals surface area contributed by atoms with Crippen LogP contribution in [0.5, 0.6) is 5.75 Å². The van der Waals surface area contributed by atoms with Gasteiger partial charge in [-0.25, -0.2) is 0 Å². The standard InChI is InChI=1S/C32H31NO2/c1-20(2)24-13-10-21(3)31-25(16-22(4)28(31)17-24)18-29-27-8-6-7-9-30(27)33(32(29)34)19-23-11-14-26(35-5)15-12-23/h6-18,20H,19H2,1-5H3/b29-18+. The van der Waals surface area contributed by atoms with Crippen molar-refractivity contribution in [2.24, 2.45) is 0 Å². The second-order valence-electron chi connectivity index (χ2n) is 9.70. The van der Waals surface area contributed by atoms with E-state index in [4.69, 9.17) is 4.74 Å². The predicted octanol–water partition coefficient (Wildman–Crippen LogP) is 7.63. The largest absolute Gasteiger partial charge is 0.497 e. The van der Waals surface area contributed by atoms with Gasteiger partial charge in [0.1, 0.15) is 5.75 Å². The number of rotatable bonds is 5. The maximum atomic E-state index is 13.8. The Labute approximate surface area is 208 Å². The monoisotopic (exact) mass is 461 g/mol. The number of methoxy groups -OCH3 is 1. The molecule has 0 bridgehead atoms. The van der Waals surface area contributed by atoms with Crippen molar-refractivity contribution >= 4 is 23.2 Å². The van der Waals surface area contributed by atoms with Gasteiger partial charge in [-0.3, -0.25) is 4.79 Å². The van der Waals surface area contributed by atoms with Crippen molar-refractivity contribution < 1.29 is 9.53 Å². The predicted molar refractivity (Wildman–Crippen MR) is 145 cm³/mol. The first-order valence-electron chi connectivity index (χ1n) is 12.2. The van der Waals surface area contributed by atoms with E-state index < -0.39 is 0 Å². The second-order valence-corrected chi connectivity index (χ2v) is 9.70. The van der Waals surface area contributed by atoms with Gasteiger partial charge in [0.05, 0.1) is 19.3 Å². The van der Waals surface area contributed by atoms with Gasteiger partial charge in [-0.2, -0.15) is 0 Å². The van der Waals surface area contributed by atoms with Crippen molar-refractivity contribution in [2.75, 3.05) is 12.0 Å². The molecule has 1 heterocycles. The Kier molecular flexibility index (Phi) is 5.94. The molecule has 2 aromatic carbocycles. The molecular weight excluding hydrogens is 430 g/mol. The normalized spacial score (nSPS) is 14.3. The summed E-state index contributed by atoms with van der Waals surface area (Å²) in [5.41, 5.74) is 11.1. The fourth-order valence-corrected chi connectivity index (χ4v) is 5.03. The van der Waals surface area contributed by atoms with Crippen LogP contribution in [0.15, 0.2) is 72.8 Å². The number of aryl methyl sites for hydroxylation is 2. The van der Waals surface area contributed by atoms with Crippen molar-refractivity contribution in [3.63, 3.8) is 0 Å². The van der Waals surface area contributed by atoms with Gasteiger partial charge >= 0.3 is 0 Å². The van der Waals surface area contributed by atoms with Gasteiger partial charge in [0.15, 0.2) is 0 Å². The Balaban J connectivity index is 1.58. The minimum absolute atomic E-state index is 0.0369. The average molecular weight is 462 g/mol. The van der Waals surface area contributed by atoms with Crippen LogP contribution in [0.2, 0.25) is 0 Å². The Morgan fingerprint density at radius 1 is 0.886 bits per heavy atom. The topological polar surface area (TPSA) is 29.5 Å². The molecule has 0 aromatic heterocycles. The number of amides is 1. The zero-order valence-electron chi connectivity index (χ0n) is 21.1. The number of fused-ring (bicyclic) bond motifs is 2. The van der Waals surface area contributed by atoms with E-state index >= 15 is 0 Å². The van der Waals surface area contributed by atoms with Gasteiger partial charge < -0.3 is 9.64 Å². The molecule has 0 spiro atoms. The minimum atomic E-state index is 0.0369. The van der Waals surface area contributed by atoms with Crippen molar-refractivity contribution in [3.05, 3.63) is 106 Å². The highest BCUT2D eigenvalue weighted by Crippen LogP contribution is 2.42. The first-order chi connectivity index (χ1) is 16.9. The first kappa shape index (κ1) is 22.9. The molecule has 5 rings (SSSR count). The molecule has 0 saturated carbocycles. The van der Waals surface area contributed by atoms with Gasteiger partial charge in [0.25, 0.3) is 5.91 Å². The molecule has 2 aromatic rings. The van der Waals surface area contributed by atoms with Crippen molar-refractivity contribution in [2.45, 2.75) is 40.2 Å². The zero-order valence-corrected chi connectivity index (χ0v) is 21.1. The van der Waals surface area contributed by atoms with Gasteiger partial charge in [0.2, 0.25) is 0 Å². The van der Waals surface area contributed by atoms with Crippen LogP contribution in [0.1, 0.15) is 53.1 Å². The molecule has 2 aliphatic carbocycles. The summed E-state index contributed by atoms with van der Waals surface area (Å²) >= 11 is 0. The van der Waals surface area contributed by atoms with E-state index in [2.05, 4.69) is 64.1 Å². The summed E-state index contributed by atoms with van der Waals surface area (Å²) in [6, 6.07) is 24.9. The summed E-state index contributed by atoms with van der Waals surface area (Å²) in [7, 11) is 1.66. The van der Waals surface area contributed by atoms with E-state index in [-0.39, 0.29) is 5.91 Å². The summed E-state index contributed by atoms with van der Waals surface area (Å²) in [5.74, 6) is 1.30. The van der Waals surface area contributed by atoms with Gasteiger partial charge in [0, 0.05) is 11.1 Å². The van der Waals surface area contributed by atoms with Crippen LogP contribution in [-0.4, -0.2) is 13.0 Å². The van der Waals surface area contributed by atoms with Crippen LogP contribution in [0.4, 0.5) is 5.69 Å². The third-order valence-electron chi connectivity index (χ3n) is 7.01. The molecule has 0 saturated heterocycles. The molecule has 0 unspecified atom stereocenters. The molecule has 0 atom stereocenters. The maximum absolute atomic E-state index is 13.8. The molecule has 0 N–H and O–H groups in total. The molecule has 1 aliphatic heterocycles. The number of carbonyl (C=O) groups excluding carboxylic acids is 1. The van der Waals surface area contributed by atoms with Crippen LogP contribution >= 0.6 is 0 Å². The Bertz CT molecular complexity index is 1410. The molecule has 0 radical (unpaired) electrons. The molecule has 35 heavy (non-hydrogen) atoms. The van der Waals surface area contributed by atoms with Crippen LogP contribution in [-0.2, 0) is 11.3 Å². The third kappa shape index (κ3) is 4.12. The van der Waals surface area contributed by atoms with Crippen LogP contribution in [0, 0.1) is 13.8 Å². The van der Waals surface area contributed by atoms with E-state index in [9.17, 15) is 4.79 Å². The lowest BCUT2D eigenvalue weighted by Gasteiger charge is -2.17. The number of ether oxygens (including phenoxy) is 1. The fraction of sp³-hybridized carbons (Fsp3) is 0.219. The summed E-state index contributed by atoms with van der Waals surface area (Å²) in [6.07, 6.45) is 2.09. The van der Waals surface area contributed by atoms with Crippen molar-refractivity contribution in [1.29, 1.82) is 0 Å². The van der Waals surface area contributed by atoms with E-state index in [1.165, 1.54) is 27.8 Å². The minimum Gasteiger partial charge on any atom is -0.497 e. The zero-order chi connectivity index (χ0) is 24.7. The van der Waals surface area contributed by atoms with Gasteiger partial charge in [-0.05, 0) is 83.0 Å². The SMILES string of the molecule is COc1ccc(CN2C(=O)/C(=C/c3cc(C)c4cc(C(C)C)ccc(C)c3-4)c3ccccc32)cc1. The van der Waals surface area contributed by atoms with Crippen molar-refractivity contribution in [3.8, 4) is 16.9 Å². The summed E-state index contributed by atoms with van der Waals surface area (Å²) < 4.78 is 5.28. The highest BCUT2D eigenvalue weighted by Gasteiger charge is 2.32. The number of hydrogen-bond acceptors (Lipinski definition) is 2. The molecule has 3 aliphatic rings. The first-order valence-corrected chi connectivity index (χ1v) is 12.2. The third-order valence-corrected chi connectivity index (χ3v) is 7.01. The summed E-state index contributed by atoms with van der Waals surface area (Å²) in [4.78, 5) is 15.6. The average Bonchev–Trinajstić information content (AvgIpc) is 3.21. The lowest BCUT2D eigenvalue weighted by Crippen LogP contribution is -2.25. The second kappa shape index (κ2) is 9.07. The number of carbonyl (C=O) groups is 1. The highest BCUT2D eigenvalue weighted by molar-refractivity contribution is 6.36. The fourth-order valence-electron chi connectivity index (χ4n) is 5.03. The van der Waals surface area contributed by atoms with E-state index in [0.29, 0.717) is 12.5 Å². The van der Waals surface area contributed by atoms with Crippen molar-refractivity contribution in [1.82, 2.24) is 0 Å². The van der Waals surface area contributed by atoms with Gasteiger partial charge in [-0.1, -0.05) is 68.4 Å². The lowest BCUT2D eigenvalue weighted by molar-refractivity contribution is -0.113. The Morgan fingerprint density at radius 3 is 2.34 bits per heavy atom. The Hall–Kier alpha value is -3.85. The number of benzene rings is 2. The Morgan fingerprint density at radius 2 is 1.63 bits per heavy atom. The molecule has 176 valence electrons. The molecular formula is C32H31NO2. The number of para-hydroxylation sites is 1. The molecule has 0 fully saturated rings. The van der Waals surface area contributed by atoms with E-state index in [0.717, 1.165) is 33.7 Å². The molecule has 3 nitrogen and oxygen atoms in total. The summed E-state index contributed by atoms with van der Waals surface area (Å²) in [5, 5.41) is 0. The van der Waals surface area contributed by atoms with Crippen LogP contribution in [0.25, 0.3) is 22.8 Å².